The topological polar surface area (TPSA) is 70.4 Å². The number of aliphatic hydroxyl groups is 1. The lowest BCUT2D eigenvalue weighted by Crippen LogP contribution is -2.47. The number of nitrogens with one attached hydrogen (secondary N) is 1. The van der Waals surface area contributed by atoms with Crippen LogP contribution >= 0.6 is 0 Å². The van der Waals surface area contributed by atoms with Crippen molar-refractivity contribution in [2.24, 2.45) is 5.92 Å². The molecule has 24 heavy (non-hydrogen) atoms. The minimum absolute atomic E-state index is 0.0914. The maximum Gasteiger partial charge on any atom is 0.322 e. The lowest BCUT2D eigenvalue weighted by molar-refractivity contribution is 0.0640. The van der Waals surface area contributed by atoms with Crippen molar-refractivity contribution >= 4 is 11.7 Å². The van der Waals surface area contributed by atoms with Gasteiger partial charge in [0.1, 0.15) is 0 Å². The monoisotopic (exact) mass is 328 g/mol. The largest absolute Gasteiger partial charge is 0.391 e. The smallest absolute Gasteiger partial charge is 0.322 e. The molecule has 1 unspecified atom stereocenters. The van der Waals surface area contributed by atoms with Gasteiger partial charge in [0, 0.05) is 19.3 Å². The minimum Gasteiger partial charge on any atom is -0.391 e. The molecule has 6 nitrogen and oxygen atoms in total. The van der Waals surface area contributed by atoms with Crippen molar-refractivity contribution in [2.75, 3.05) is 18.4 Å². The van der Waals surface area contributed by atoms with Crippen LogP contribution in [0.2, 0.25) is 0 Å². The van der Waals surface area contributed by atoms with E-state index in [4.69, 9.17) is 0 Å². The number of aromatic nitrogens is 2. The molecule has 0 bridgehead atoms. The van der Waals surface area contributed by atoms with E-state index in [0.717, 1.165) is 12.0 Å². The predicted molar refractivity (Wildman–Crippen MR) is 92.9 cm³/mol. The summed E-state index contributed by atoms with van der Waals surface area (Å²) in [6.45, 7) is 5.15. The summed E-state index contributed by atoms with van der Waals surface area (Å²) in [4.78, 5) is 14.0. The molecule has 0 aliphatic carbocycles. The molecule has 2 N–H and O–H groups in total. The molecule has 2 heterocycles. The highest BCUT2D eigenvalue weighted by Crippen LogP contribution is 2.20. The van der Waals surface area contributed by atoms with E-state index in [1.54, 1.807) is 11.1 Å². The van der Waals surface area contributed by atoms with Gasteiger partial charge in [-0.05, 0) is 24.8 Å². The first kappa shape index (κ1) is 16.5. The van der Waals surface area contributed by atoms with E-state index in [2.05, 4.69) is 29.5 Å². The fraction of sp³-hybridized carbons (Fsp3) is 0.444. The molecule has 2 amide bonds. The second kappa shape index (κ2) is 7.05. The minimum atomic E-state index is -0.444. The highest BCUT2D eigenvalue weighted by molar-refractivity contribution is 5.89. The second-order valence-corrected chi connectivity index (χ2v) is 6.63. The predicted octanol–water partition coefficient (Wildman–Crippen LogP) is 2.73. The van der Waals surface area contributed by atoms with Crippen LogP contribution in [0, 0.1) is 5.92 Å². The Morgan fingerprint density at radius 1 is 1.33 bits per heavy atom. The third kappa shape index (κ3) is 3.76. The summed E-state index contributed by atoms with van der Waals surface area (Å²) in [7, 11) is 0. The number of urea groups is 1. The number of aliphatic hydroxyl groups excluding tert-OH is 1. The van der Waals surface area contributed by atoms with Gasteiger partial charge >= 0.3 is 6.03 Å². The number of hydrogen-bond acceptors (Lipinski definition) is 3. The summed E-state index contributed by atoms with van der Waals surface area (Å²) < 4.78 is 1.83. The summed E-state index contributed by atoms with van der Waals surface area (Å²) in [5, 5.41) is 17.1. The average Bonchev–Trinajstić information content (AvgIpc) is 3.02. The molecule has 128 valence electrons. The average molecular weight is 328 g/mol. The van der Waals surface area contributed by atoms with E-state index < -0.39 is 6.10 Å². The molecule has 3 rings (SSSR count). The Morgan fingerprint density at radius 2 is 2.08 bits per heavy atom. The maximum absolute atomic E-state index is 12.4. The van der Waals surface area contributed by atoms with Crippen molar-refractivity contribution in [2.45, 2.75) is 32.4 Å². The van der Waals surface area contributed by atoms with Gasteiger partial charge in [-0.3, -0.25) is 4.68 Å². The van der Waals surface area contributed by atoms with Crippen LogP contribution in [0.15, 0.2) is 42.7 Å². The van der Waals surface area contributed by atoms with Gasteiger partial charge in [0.15, 0.2) is 0 Å². The highest BCUT2D eigenvalue weighted by atomic mass is 16.3. The number of anilines is 1. The molecule has 6 heteroatoms. The van der Waals surface area contributed by atoms with Crippen molar-refractivity contribution in [3.05, 3.63) is 48.3 Å². The number of nitrogens with zero attached hydrogens (tertiary/aromatic N) is 3. The molecular weight excluding hydrogens is 304 g/mol. The molecule has 3 atom stereocenters. The van der Waals surface area contributed by atoms with E-state index >= 15 is 0 Å². The molecule has 1 aromatic heterocycles. The van der Waals surface area contributed by atoms with Crippen LogP contribution in [-0.4, -0.2) is 45.0 Å². The number of carbonyl (C=O) groups is 1. The van der Waals surface area contributed by atoms with E-state index in [9.17, 15) is 9.90 Å². The van der Waals surface area contributed by atoms with E-state index in [1.807, 2.05) is 36.0 Å². The Labute approximate surface area is 142 Å². The third-order valence-electron chi connectivity index (χ3n) is 4.46. The number of benzene rings is 1. The van der Waals surface area contributed by atoms with Crippen LogP contribution in [0.4, 0.5) is 10.5 Å². The summed E-state index contributed by atoms with van der Waals surface area (Å²) in [5.74, 6) is 0.306. The first-order chi connectivity index (χ1) is 11.5. The zero-order valence-corrected chi connectivity index (χ0v) is 14.1. The summed E-state index contributed by atoms with van der Waals surface area (Å²) in [5.41, 5.74) is 1.82. The van der Waals surface area contributed by atoms with Crippen LogP contribution in [0.5, 0.6) is 0 Å². The fourth-order valence-corrected chi connectivity index (χ4v) is 3.19. The van der Waals surface area contributed by atoms with Gasteiger partial charge in [-0.2, -0.15) is 5.10 Å². The van der Waals surface area contributed by atoms with Crippen molar-refractivity contribution in [1.82, 2.24) is 14.7 Å². The van der Waals surface area contributed by atoms with E-state index in [0.29, 0.717) is 24.7 Å². The quantitative estimate of drug-likeness (QED) is 0.910. The van der Waals surface area contributed by atoms with Crippen LogP contribution in [0.25, 0.3) is 0 Å². The standard InChI is InChI=1S/C18H24N4O2/c1-13-8-17(23)12-21(10-13)18(24)20-16-9-19-22(11-16)14(2)15-6-4-3-5-7-15/h3-7,9,11,13-14,17,23H,8,10,12H2,1-2H3,(H,20,24)/t13-,14?,17+/m0/s1. The Bertz CT molecular complexity index is 675. The lowest BCUT2D eigenvalue weighted by Gasteiger charge is -2.33. The third-order valence-corrected chi connectivity index (χ3v) is 4.46. The van der Waals surface area contributed by atoms with Gasteiger partial charge in [-0.25, -0.2) is 4.79 Å². The number of β-amino-alcohol motifs (C(OH)–C–C–N with tert-alkyl or cyclic N) is 1. The number of carbonyl (C=O) groups excluding carboxylic acids is 1. The van der Waals surface area contributed by atoms with Gasteiger partial charge < -0.3 is 15.3 Å². The number of piperidine rings is 1. The molecular formula is C18H24N4O2. The van der Waals surface area contributed by atoms with Crippen molar-refractivity contribution in [3.8, 4) is 0 Å². The Balaban J connectivity index is 1.64. The number of rotatable bonds is 3. The fourth-order valence-electron chi connectivity index (χ4n) is 3.19. The molecule has 0 saturated carbocycles. The van der Waals surface area contributed by atoms with Crippen molar-refractivity contribution < 1.29 is 9.90 Å². The Hall–Kier alpha value is -2.34. The SMILES string of the molecule is CC(c1ccccc1)n1cc(NC(=O)N2C[C@@H](C)C[C@@H](O)C2)cn1. The maximum atomic E-state index is 12.4. The van der Waals surface area contributed by atoms with Gasteiger partial charge in [0.05, 0.1) is 24.0 Å². The lowest BCUT2D eigenvalue weighted by atomic mass is 9.98. The van der Waals surface area contributed by atoms with Crippen molar-refractivity contribution in [3.63, 3.8) is 0 Å². The normalized spacial score (nSPS) is 22.2. The van der Waals surface area contributed by atoms with E-state index in [1.165, 1.54) is 0 Å². The van der Waals surface area contributed by atoms with Crippen LogP contribution in [0.3, 0.4) is 0 Å². The van der Waals surface area contributed by atoms with Crippen molar-refractivity contribution in [1.29, 1.82) is 0 Å². The zero-order chi connectivity index (χ0) is 17.1. The van der Waals surface area contributed by atoms with Crippen LogP contribution in [0.1, 0.15) is 31.9 Å². The number of amides is 2. The van der Waals surface area contributed by atoms with Gasteiger partial charge in [-0.1, -0.05) is 37.3 Å². The van der Waals surface area contributed by atoms with Gasteiger partial charge in [0.25, 0.3) is 0 Å². The van der Waals surface area contributed by atoms with Gasteiger partial charge in [-0.15, -0.1) is 0 Å². The van der Waals surface area contributed by atoms with Crippen LogP contribution < -0.4 is 5.32 Å². The van der Waals surface area contributed by atoms with Crippen LogP contribution in [-0.2, 0) is 0 Å². The molecule has 1 aliphatic heterocycles. The molecule has 2 aromatic rings. The summed E-state index contributed by atoms with van der Waals surface area (Å²) in [6, 6.07) is 10.0. The summed E-state index contributed by atoms with van der Waals surface area (Å²) in [6.07, 6.45) is 3.79. The van der Waals surface area contributed by atoms with E-state index in [-0.39, 0.29) is 12.1 Å². The number of likely N-dealkylation sites (tertiary alicyclic amines) is 1. The molecule has 1 saturated heterocycles. The van der Waals surface area contributed by atoms with Gasteiger partial charge in [0.2, 0.25) is 0 Å². The molecule has 0 radical (unpaired) electrons. The molecule has 1 fully saturated rings. The molecule has 1 aromatic carbocycles. The molecule has 1 aliphatic rings. The summed E-state index contributed by atoms with van der Waals surface area (Å²) >= 11 is 0. The zero-order valence-electron chi connectivity index (χ0n) is 14.1. The second-order valence-electron chi connectivity index (χ2n) is 6.63. The Kier molecular flexibility index (Phi) is 4.85. The highest BCUT2D eigenvalue weighted by Gasteiger charge is 2.26. The Morgan fingerprint density at radius 3 is 2.79 bits per heavy atom. The number of hydrogen-bond donors (Lipinski definition) is 2. The first-order valence-corrected chi connectivity index (χ1v) is 8.36. The first-order valence-electron chi connectivity index (χ1n) is 8.36. The molecule has 0 spiro atoms.